The third kappa shape index (κ3) is 3.87. The second-order valence-corrected chi connectivity index (χ2v) is 3.95. The van der Waals surface area contributed by atoms with E-state index in [1.165, 1.54) is 0 Å². The van der Waals surface area contributed by atoms with Crippen molar-refractivity contribution in [2.75, 3.05) is 6.61 Å². The van der Waals surface area contributed by atoms with Crippen molar-refractivity contribution in [3.05, 3.63) is 34.9 Å². The second kappa shape index (κ2) is 6.79. The predicted octanol–water partition coefficient (Wildman–Crippen LogP) is 2.44. The van der Waals surface area contributed by atoms with Crippen molar-refractivity contribution in [1.29, 1.82) is 0 Å². The van der Waals surface area contributed by atoms with E-state index in [0.717, 1.165) is 17.5 Å². The lowest BCUT2D eigenvalue weighted by atomic mass is 9.98. The Morgan fingerprint density at radius 2 is 1.94 bits per heavy atom. The van der Waals surface area contributed by atoms with E-state index >= 15 is 0 Å². The zero-order chi connectivity index (χ0) is 13.5. The summed E-state index contributed by atoms with van der Waals surface area (Å²) in [5.74, 6) is -1.15. The van der Waals surface area contributed by atoms with Crippen molar-refractivity contribution in [3.63, 3.8) is 0 Å². The van der Waals surface area contributed by atoms with Gasteiger partial charge < -0.3 is 9.84 Å². The highest BCUT2D eigenvalue weighted by atomic mass is 16.5. The lowest BCUT2D eigenvalue weighted by molar-refractivity contribution is -0.136. The van der Waals surface area contributed by atoms with Crippen LogP contribution < -0.4 is 0 Å². The summed E-state index contributed by atoms with van der Waals surface area (Å²) in [7, 11) is 0. The number of ether oxygens (including phenoxy) is 1. The van der Waals surface area contributed by atoms with Crippen LogP contribution in [0.5, 0.6) is 0 Å². The zero-order valence-electron chi connectivity index (χ0n) is 10.7. The standard InChI is InChI=1S/C14H18O4/c1-3-10-9-12(14(17)18-4-2)6-5-11(10)7-8-13(15)16/h5-6,9H,3-4,7-8H2,1-2H3,(H,15,16). The van der Waals surface area contributed by atoms with Gasteiger partial charge in [-0.25, -0.2) is 4.79 Å². The lowest BCUT2D eigenvalue weighted by Gasteiger charge is -2.09. The molecule has 98 valence electrons. The van der Waals surface area contributed by atoms with Crippen LogP contribution in [0.4, 0.5) is 0 Å². The van der Waals surface area contributed by atoms with Gasteiger partial charge in [0.1, 0.15) is 0 Å². The van der Waals surface area contributed by atoms with Crippen molar-refractivity contribution in [2.45, 2.75) is 33.1 Å². The monoisotopic (exact) mass is 250 g/mol. The number of aliphatic carboxylic acids is 1. The van der Waals surface area contributed by atoms with Crippen molar-refractivity contribution in [3.8, 4) is 0 Å². The quantitative estimate of drug-likeness (QED) is 0.788. The van der Waals surface area contributed by atoms with E-state index in [4.69, 9.17) is 9.84 Å². The summed E-state index contributed by atoms with van der Waals surface area (Å²) < 4.78 is 4.93. The van der Waals surface area contributed by atoms with Gasteiger partial charge in [-0.1, -0.05) is 13.0 Å². The van der Waals surface area contributed by atoms with Crippen LogP contribution in [0.1, 0.15) is 41.8 Å². The van der Waals surface area contributed by atoms with Crippen LogP contribution in [-0.2, 0) is 22.4 Å². The Hall–Kier alpha value is -1.84. The number of carbonyl (C=O) groups excluding carboxylic acids is 1. The number of aryl methyl sites for hydroxylation is 2. The minimum atomic E-state index is -0.813. The molecule has 0 aliphatic rings. The van der Waals surface area contributed by atoms with Crippen LogP contribution in [0.2, 0.25) is 0 Å². The Bertz CT molecular complexity index is 437. The first-order chi connectivity index (χ1) is 8.58. The van der Waals surface area contributed by atoms with Crippen molar-refractivity contribution >= 4 is 11.9 Å². The molecule has 0 bridgehead atoms. The molecule has 0 saturated carbocycles. The number of carbonyl (C=O) groups is 2. The molecule has 0 saturated heterocycles. The first-order valence-corrected chi connectivity index (χ1v) is 6.09. The molecule has 0 amide bonds. The molecule has 4 heteroatoms. The number of hydrogen-bond donors (Lipinski definition) is 1. The topological polar surface area (TPSA) is 63.6 Å². The van der Waals surface area contributed by atoms with Gasteiger partial charge in [-0.2, -0.15) is 0 Å². The summed E-state index contributed by atoms with van der Waals surface area (Å²) in [5, 5.41) is 8.68. The third-order valence-electron chi connectivity index (χ3n) is 2.71. The molecule has 4 nitrogen and oxygen atoms in total. The maximum absolute atomic E-state index is 11.6. The molecule has 0 fully saturated rings. The fourth-order valence-corrected chi connectivity index (χ4v) is 1.78. The molecule has 0 unspecified atom stereocenters. The Kier molecular flexibility index (Phi) is 5.36. The number of hydrogen-bond acceptors (Lipinski definition) is 3. The molecule has 1 rings (SSSR count). The fourth-order valence-electron chi connectivity index (χ4n) is 1.78. The molecule has 0 spiro atoms. The molecule has 0 aliphatic carbocycles. The van der Waals surface area contributed by atoms with E-state index in [9.17, 15) is 9.59 Å². The van der Waals surface area contributed by atoms with Crippen LogP contribution >= 0.6 is 0 Å². The minimum Gasteiger partial charge on any atom is -0.481 e. The van der Waals surface area contributed by atoms with Crippen LogP contribution in [0.25, 0.3) is 0 Å². The van der Waals surface area contributed by atoms with Crippen LogP contribution in [0, 0.1) is 0 Å². The van der Waals surface area contributed by atoms with E-state index in [1.54, 1.807) is 19.1 Å². The maximum atomic E-state index is 11.6. The molecular formula is C14H18O4. The molecule has 0 aliphatic heterocycles. The van der Waals surface area contributed by atoms with Gasteiger partial charge in [-0.05, 0) is 43.0 Å². The van der Waals surface area contributed by atoms with Crippen molar-refractivity contribution in [2.24, 2.45) is 0 Å². The van der Waals surface area contributed by atoms with Crippen LogP contribution in [0.3, 0.4) is 0 Å². The summed E-state index contributed by atoms with van der Waals surface area (Å²) in [6, 6.07) is 5.29. The van der Waals surface area contributed by atoms with Crippen LogP contribution in [0.15, 0.2) is 18.2 Å². The smallest absolute Gasteiger partial charge is 0.338 e. The van der Waals surface area contributed by atoms with Gasteiger partial charge in [-0.3, -0.25) is 4.79 Å². The number of rotatable bonds is 6. The molecule has 0 atom stereocenters. The summed E-state index contributed by atoms with van der Waals surface area (Å²) in [6.07, 6.45) is 1.36. The van der Waals surface area contributed by atoms with E-state index in [-0.39, 0.29) is 12.4 Å². The van der Waals surface area contributed by atoms with E-state index in [0.29, 0.717) is 18.6 Å². The number of carboxylic acid groups (broad SMARTS) is 1. The zero-order valence-corrected chi connectivity index (χ0v) is 10.7. The normalized spacial score (nSPS) is 10.1. The van der Waals surface area contributed by atoms with E-state index in [1.807, 2.05) is 13.0 Å². The number of carboxylic acids is 1. The van der Waals surface area contributed by atoms with E-state index < -0.39 is 5.97 Å². The van der Waals surface area contributed by atoms with Crippen molar-refractivity contribution in [1.82, 2.24) is 0 Å². The summed E-state index contributed by atoms with van der Waals surface area (Å²) in [4.78, 5) is 22.1. The summed E-state index contributed by atoms with van der Waals surface area (Å²) >= 11 is 0. The van der Waals surface area contributed by atoms with Gasteiger partial charge >= 0.3 is 11.9 Å². The van der Waals surface area contributed by atoms with Gasteiger partial charge in [0.2, 0.25) is 0 Å². The fraction of sp³-hybridized carbons (Fsp3) is 0.429. The molecule has 1 aromatic rings. The highest BCUT2D eigenvalue weighted by Crippen LogP contribution is 2.16. The highest BCUT2D eigenvalue weighted by molar-refractivity contribution is 5.89. The first-order valence-electron chi connectivity index (χ1n) is 6.09. The summed E-state index contributed by atoms with van der Waals surface area (Å²) in [6.45, 7) is 4.09. The molecule has 18 heavy (non-hydrogen) atoms. The first kappa shape index (κ1) is 14.2. The number of esters is 1. The third-order valence-corrected chi connectivity index (χ3v) is 2.71. The lowest BCUT2D eigenvalue weighted by Crippen LogP contribution is -2.07. The average Bonchev–Trinajstić information content (AvgIpc) is 2.36. The minimum absolute atomic E-state index is 0.103. The Balaban J connectivity index is 2.89. The molecule has 1 aromatic carbocycles. The van der Waals surface area contributed by atoms with Gasteiger partial charge in [0, 0.05) is 6.42 Å². The SMILES string of the molecule is CCOC(=O)c1ccc(CCC(=O)O)c(CC)c1. The Morgan fingerprint density at radius 1 is 1.22 bits per heavy atom. The Morgan fingerprint density at radius 3 is 2.50 bits per heavy atom. The Labute approximate surface area is 107 Å². The predicted molar refractivity (Wildman–Crippen MR) is 67.7 cm³/mol. The van der Waals surface area contributed by atoms with Gasteiger partial charge in [0.15, 0.2) is 0 Å². The number of benzene rings is 1. The molecule has 0 radical (unpaired) electrons. The van der Waals surface area contributed by atoms with Gasteiger partial charge in [-0.15, -0.1) is 0 Å². The second-order valence-electron chi connectivity index (χ2n) is 3.95. The highest BCUT2D eigenvalue weighted by Gasteiger charge is 2.10. The maximum Gasteiger partial charge on any atom is 0.338 e. The largest absolute Gasteiger partial charge is 0.481 e. The molecular weight excluding hydrogens is 232 g/mol. The van der Waals surface area contributed by atoms with Crippen molar-refractivity contribution < 1.29 is 19.4 Å². The van der Waals surface area contributed by atoms with E-state index in [2.05, 4.69) is 0 Å². The summed E-state index contributed by atoms with van der Waals surface area (Å²) in [5.41, 5.74) is 2.50. The van der Waals surface area contributed by atoms with Crippen LogP contribution in [-0.4, -0.2) is 23.7 Å². The molecule has 0 heterocycles. The average molecular weight is 250 g/mol. The van der Waals surface area contributed by atoms with Gasteiger partial charge in [0.05, 0.1) is 12.2 Å². The molecule has 1 N–H and O–H groups in total. The molecule has 0 aromatic heterocycles. The van der Waals surface area contributed by atoms with Gasteiger partial charge in [0.25, 0.3) is 0 Å².